The number of ether oxygens (including phenoxy) is 1. The molecule has 0 radical (unpaired) electrons. The summed E-state index contributed by atoms with van der Waals surface area (Å²) in [6, 6.07) is 14.9. The molecule has 0 aliphatic heterocycles. The molecule has 29 heavy (non-hydrogen) atoms. The summed E-state index contributed by atoms with van der Waals surface area (Å²) in [7, 11) is 3.01. The highest BCUT2D eigenvalue weighted by Gasteiger charge is 2.21. The number of para-hydroxylation sites is 1. The first-order valence-electron chi connectivity index (χ1n) is 8.70. The lowest BCUT2D eigenvalue weighted by atomic mass is 10.2. The molecule has 0 N–H and O–H groups in total. The van der Waals surface area contributed by atoms with Gasteiger partial charge < -0.3 is 4.74 Å². The molecule has 2 aromatic heterocycles. The van der Waals surface area contributed by atoms with Crippen molar-refractivity contribution >= 4 is 38.7 Å². The van der Waals surface area contributed by atoms with Gasteiger partial charge in [0, 0.05) is 18.6 Å². The molecule has 0 aliphatic rings. The monoisotopic (exact) mass is 474 g/mol. The zero-order chi connectivity index (χ0) is 20.7. The minimum Gasteiger partial charge on any atom is -0.424 e. The van der Waals surface area contributed by atoms with Crippen LogP contribution in [0.4, 0.5) is 0 Å². The molecule has 2 heterocycles. The lowest BCUT2D eigenvalue weighted by Crippen LogP contribution is -2.37. The second-order valence-electron chi connectivity index (χ2n) is 6.52. The van der Waals surface area contributed by atoms with Gasteiger partial charge in [-0.15, -0.1) is 0 Å². The highest BCUT2D eigenvalue weighted by atomic mass is 79.9. The molecular formula is C20H16BrClN4O3. The van der Waals surface area contributed by atoms with E-state index < -0.39 is 11.2 Å². The molecule has 4 aromatic rings. The van der Waals surface area contributed by atoms with E-state index >= 15 is 0 Å². The van der Waals surface area contributed by atoms with E-state index in [4.69, 9.17) is 16.3 Å². The highest BCUT2D eigenvalue weighted by Crippen LogP contribution is 2.30. The van der Waals surface area contributed by atoms with Gasteiger partial charge in [-0.1, -0.05) is 51.8 Å². The normalized spacial score (nSPS) is 11.2. The van der Waals surface area contributed by atoms with E-state index in [9.17, 15) is 9.59 Å². The van der Waals surface area contributed by atoms with E-state index in [1.807, 2.05) is 24.3 Å². The first-order chi connectivity index (χ1) is 13.9. The number of aromatic nitrogens is 4. The standard InChI is InChI=1S/C20H16BrClN4O3/c1-24-17-16(18(27)25(2)20(24)28)26(11-12-7-9-13(21)10-8-12)19(23-17)29-15-6-4-3-5-14(15)22/h3-10H,11H2,1-2H3. The van der Waals surface area contributed by atoms with E-state index in [-0.39, 0.29) is 17.2 Å². The van der Waals surface area contributed by atoms with E-state index in [1.54, 1.807) is 35.9 Å². The fraction of sp³-hybridized carbons (Fsp3) is 0.150. The third-order valence-corrected chi connectivity index (χ3v) is 5.45. The highest BCUT2D eigenvalue weighted by molar-refractivity contribution is 9.10. The maximum absolute atomic E-state index is 12.9. The van der Waals surface area contributed by atoms with Gasteiger partial charge in [-0.2, -0.15) is 4.98 Å². The number of imidazole rings is 1. The van der Waals surface area contributed by atoms with Crippen LogP contribution < -0.4 is 16.0 Å². The van der Waals surface area contributed by atoms with E-state index in [2.05, 4.69) is 20.9 Å². The molecule has 0 fully saturated rings. The van der Waals surface area contributed by atoms with Crippen LogP contribution in [0.25, 0.3) is 11.2 Å². The predicted molar refractivity (Wildman–Crippen MR) is 115 cm³/mol. The van der Waals surface area contributed by atoms with Crippen molar-refractivity contribution < 1.29 is 4.74 Å². The number of nitrogens with zero attached hydrogens (tertiary/aromatic N) is 4. The zero-order valence-corrected chi connectivity index (χ0v) is 17.9. The fourth-order valence-corrected chi connectivity index (χ4v) is 3.49. The Morgan fingerprint density at radius 1 is 1.03 bits per heavy atom. The number of benzene rings is 2. The molecule has 0 spiro atoms. The minimum atomic E-state index is -0.458. The van der Waals surface area contributed by atoms with Crippen molar-refractivity contribution in [1.82, 2.24) is 18.7 Å². The van der Waals surface area contributed by atoms with E-state index in [0.29, 0.717) is 17.3 Å². The van der Waals surface area contributed by atoms with Gasteiger partial charge in [0.15, 0.2) is 11.2 Å². The molecular weight excluding hydrogens is 460 g/mol. The number of hydrogen-bond acceptors (Lipinski definition) is 4. The number of halogens is 2. The third kappa shape index (κ3) is 3.49. The SMILES string of the molecule is Cn1c(=O)c2c(nc(Oc3ccccc3Cl)n2Cc2ccc(Br)cc2)n(C)c1=O. The first kappa shape index (κ1) is 19.5. The summed E-state index contributed by atoms with van der Waals surface area (Å²) in [5.41, 5.74) is 0.561. The van der Waals surface area contributed by atoms with E-state index in [1.165, 1.54) is 11.6 Å². The van der Waals surface area contributed by atoms with Crippen LogP contribution in [0, 0.1) is 0 Å². The third-order valence-electron chi connectivity index (χ3n) is 4.60. The van der Waals surface area contributed by atoms with Crippen LogP contribution >= 0.6 is 27.5 Å². The van der Waals surface area contributed by atoms with Crippen molar-refractivity contribution in [2.24, 2.45) is 14.1 Å². The Balaban J connectivity index is 1.96. The fourth-order valence-electron chi connectivity index (χ4n) is 3.05. The largest absolute Gasteiger partial charge is 0.424 e. The second-order valence-corrected chi connectivity index (χ2v) is 7.84. The molecule has 0 bridgehead atoms. The maximum atomic E-state index is 12.9. The van der Waals surface area contributed by atoms with Crippen molar-refractivity contribution in [1.29, 1.82) is 0 Å². The summed E-state index contributed by atoms with van der Waals surface area (Å²) in [6.45, 7) is 0.330. The average molecular weight is 476 g/mol. The van der Waals surface area contributed by atoms with Gasteiger partial charge in [-0.25, -0.2) is 4.79 Å². The van der Waals surface area contributed by atoms with Crippen LogP contribution in [0.15, 0.2) is 62.6 Å². The quantitative estimate of drug-likeness (QED) is 0.451. The summed E-state index contributed by atoms with van der Waals surface area (Å²) in [5, 5.41) is 0.413. The van der Waals surface area contributed by atoms with Gasteiger partial charge in [0.25, 0.3) is 5.56 Å². The van der Waals surface area contributed by atoms with Crippen molar-refractivity contribution in [3.8, 4) is 11.8 Å². The average Bonchev–Trinajstić information content (AvgIpc) is 3.06. The number of aryl methyl sites for hydroxylation is 1. The van der Waals surface area contributed by atoms with E-state index in [0.717, 1.165) is 14.6 Å². The molecule has 4 rings (SSSR count). The van der Waals surface area contributed by atoms with Crippen molar-refractivity contribution in [3.05, 3.63) is 84.4 Å². The number of hydrogen-bond donors (Lipinski definition) is 0. The zero-order valence-electron chi connectivity index (χ0n) is 15.6. The molecule has 0 aliphatic carbocycles. The van der Waals surface area contributed by atoms with Gasteiger partial charge in [0.05, 0.1) is 11.6 Å². The summed E-state index contributed by atoms with van der Waals surface area (Å²) in [6.07, 6.45) is 0. The molecule has 7 nitrogen and oxygen atoms in total. The number of fused-ring (bicyclic) bond motifs is 1. The van der Waals surface area contributed by atoms with Gasteiger partial charge in [-0.05, 0) is 29.8 Å². The van der Waals surface area contributed by atoms with Crippen molar-refractivity contribution in [3.63, 3.8) is 0 Å². The van der Waals surface area contributed by atoms with Crippen LogP contribution in [0.1, 0.15) is 5.56 Å². The van der Waals surface area contributed by atoms with Gasteiger partial charge in [-0.3, -0.25) is 18.5 Å². The molecule has 0 saturated heterocycles. The smallest absolute Gasteiger partial charge is 0.332 e. The Morgan fingerprint density at radius 3 is 2.41 bits per heavy atom. The molecule has 0 amide bonds. The Labute approximate surface area is 178 Å². The molecule has 0 saturated carbocycles. The lowest BCUT2D eigenvalue weighted by Gasteiger charge is -2.11. The molecule has 2 aromatic carbocycles. The number of rotatable bonds is 4. The van der Waals surface area contributed by atoms with Crippen molar-refractivity contribution in [2.45, 2.75) is 6.54 Å². The van der Waals surface area contributed by atoms with Crippen molar-refractivity contribution in [2.75, 3.05) is 0 Å². The summed E-state index contributed by atoms with van der Waals surface area (Å²) < 4.78 is 10.9. The topological polar surface area (TPSA) is 71.1 Å². The van der Waals surface area contributed by atoms with Crippen LogP contribution in [0.5, 0.6) is 11.8 Å². The maximum Gasteiger partial charge on any atom is 0.332 e. The first-order valence-corrected chi connectivity index (χ1v) is 9.87. The Morgan fingerprint density at radius 2 is 1.72 bits per heavy atom. The molecule has 148 valence electrons. The molecule has 0 atom stereocenters. The van der Waals surface area contributed by atoms with Gasteiger partial charge >= 0.3 is 11.7 Å². The predicted octanol–water partition coefficient (Wildman–Crippen LogP) is 3.69. The van der Waals surface area contributed by atoms with Crippen LogP contribution in [-0.2, 0) is 20.6 Å². The Bertz CT molecular complexity index is 1340. The molecule has 9 heteroatoms. The van der Waals surface area contributed by atoms with Gasteiger partial charge in [0.1, 0.15) is 5.75 Å². The molecule has 0 unspecified atom stereocenters. The van der Waals surface area contributed by atoms with Crippen LogP contribution in [-0.4, -0.2) is 18.7 Å². The Kier molecular flexibility index (Phi) is 5.06. The van der Waals surface area contributed by atoms with Crippen LogP contribution in [0.2, 0.25) is 5.02 Å². The van der Waals surface area contributed by atoms with Gasteiger partial charge in [0.2, 0.25) is 0 Å². The minimum absolute atomic E-state index is 0.175. The Hall–Kier alpha value is -2.84. The summed E-state index contributed by atoms with van der Waals surface area (Å²) in [4.78, 5) is 29.7. The second kappa shape index (κ2) is 7.53. The van der Waals surface area contributed by atoms with Crippen LogP contribution in [0.3, 0.4) is 0 Å². The summed E-state index contributed by atoms with van der Waals surface area (Å²) in [5.74, 6) is 0.406. The lowest BCUT2D eigenvalue weighted by molar-refractivity contribution is 0.421. The summed E-state index contributed by atoms with van der Waals surface area (Å²) >= 11 is 9.65.